The first-order valence-corrected chi connectivity index (χ1v) is 15.9. The van der Waals surface area contributed by atoms with Gasteiger partial charge in [-0.2, -0.15) is 13.2 Å². The van der Waals surface area contributed by atoms with Crippen molar-refractivity contribution < 1.29 is 37.0 Å². The summed E-state index contributed by atoms with van der Waals surface area (Å²) in [7, 11) is 3.47. The van der Waals surface area contributed by atoms with E-state index in [0.717, 1.165) is 0 Å². The molecule has 3 aromatic carbocycles. The quantitative estimate of drug-likeness (QED) is 0.136. The van der Waals surface area contributed by atoms with Gasteiger partial charge in [0.2, 0.25) is 5.91 Å². The Morgan fingerprint density at radius 3 is 2.34 bits per heavy atom. The highest BCUT2D eigenvalue weighted by Crippen LogP contribution is 2.42. The second-order valence-electron chi connectivity index (χ2n) is 10.6. The first-order chi connectivity index (χ1) is 22.3. The number of likely N-dealkylation sites (N-methyl/N-ethyl adjacent to an activating group) is 1. The van der Waals surface area contributed by atoms with E-state index in [1.165, 1.54) is 22.9 Å². The molecule has 0 saturated carbocycles. The number of halogens is 4. The summed E-state index contributed by atoms with van der Waals surface area (Å²) in [5.41, 5.74) is -2.70. The van der Waals surface area contributed by atoms with Gasteiger partial charge in [0.05, 0.1) is 23.1 Å². The first kappa shape index (κ1) is 35.7. The third-order valence-electron chi connectivity index (χ3n) is 7.06. The predicted molar refractivity (Wildman–Crippen MR) is 178 cm³/mol. The van der Waals surface area contributed by atoms with Crippen molar-refractivity contribution in [2.45, 2.75) is 36.6 Å². The molecule has 0 aliphatic carbocycles. The van der Waals surface area contributed by atoms with Crippen LogP contribution in [0.5, 0.6) is 5.75 Å². The van der Waals surface area contributed by atoms with Crippen molar-refractivity contribution in [2.24, 2.45) is 0 Å². The summed E-state index contributed by atoms with van der Waals surface area (Å²) >= 11 is 6.08. The number of urea groups is 1. The number of alkyl halides is 3. The summed E-state index contributed by atoms with van der Waals surface area (Å²) in [5.74, 6) is -0.374. The number of carbonyl (C=O) groups excluding carboxylic acids is 3. The standard InChI is InChI=1S/C33H34ClF3N4O5S/c1-4-45-31(43)28(40(2)3)16-17-30(42)41-19-26(25-18-22(34)10-15-27(25)41)39-32(44)38-23-11-13-24(14-12-23)46-20-29(47-33(35,36)37)21-8-6-5-7-9-21/h5-15,18-19,28-29H,4,16-17,20H2,1-3H3,(H2,38,39,44). The second kappa shape index (κ2) is 16.1. The molecule has 0 bridgehead atoms. The normalized spacial score (nSPS) is 12.9. The minimum Gasteiger partial charge on any atom is -0.492 e. The molecule has 2 N–H and O–H groups in total. The molecule has 2 amide bonds. The molecule has 0 spiro atoms. The number of hydrogen-bond donors (Lipinski definition) is 2. The molecule has 1 aromatic heterocycles. The SMILES string of the molecule is CCOC(=O)C(CCC(=O)n1cc(NC(=O)Nc2ccc(OCC(SC(F)(F)F)c3ccccc3)cc2)c2cc(Cl)ccc21)N(C)C. The van der Waals surface area contributed by atoms with E-state index in [1.807, 2.05) is 0 Å². The van der Waals surface area contributed by atoms with Gasteiger partial charge in [-0.1, -0.05) is 41.9 Å². The minimum absolute atomic E-state index is 0.0368. The van der Waals surface area contributed by atoms with Gasteiger partial charge in [-0.05, 0) is 87.2 Å². The number of nitrogens with zero attached hydrogens (tertiary/aromatic N) is 2. The molecule has 0 aliphatic rings. The summed E-state index contributed by atoms with van der Waals surface area (Å²) in [5, 5.41) is 5.41. The van der Waals surface area contributed by atoms with Gasteiger partial charge in [0.15, 0.2) is 0 Å². The zero-order chi connectivity index (χ0) is 34.1. The molecule has 47 heavy (non-hydrogen) atoms. The zero-order valence-corrected chi connectivity index (χ0v) is 27.4. The van der Waals surface area contributed by atoms with Crippen LogP contribution >= 0.6 is 23.4 Å². The number of fused-ring (bicyclic) bond motifs is 1. The van der Waals surface area contributed by atoms with Gasteiger partial charge in [-0.25, -0.2) is 4.79 Å². The van der Waals surface area contributed by atoms with Crippen molar-refractivity contribution in [3.63, 3.8) is 0 Å². The van der Waals surface area contributed by atoms with Gasteiger partial charge >= 0.3 is 17.5 Å². The maximum atomic E-state index is 13.3. The first-order valence-electron chi connectivity index (χ1n) is 14.6. The average Bonchev–Trinajstić information content (AvgIpc) is 3.36. The van der Waals surface area contributed by atoms with Gasteiger partial charge in [0, 0.05) is 28.7 Å². The van der Waals surface area contributed by atoms with Crippen LogP contribution in [0, 0.1) is 0 Å². The molecule has 2 atom stereocenters. The Hall–Kier alpha value is -4.20. The molecule has 0 aliphatic heterocycles. The minimum atomic E-state index is -4.44. The van der Waals surface area contributed by atoms with Crippen LogP contribution in [-0.4, -0.2) is 66.2 Å². The molecule has 4 rings (SSSR count). The van der Waals surface area contributed by atoms with Crippen molar-refractivity contribution in [3.8, 4) is 5.75 Å². The predicted octanol–water partition coefficient (Wildman–Crippen LogP) is 8.23. The zero-order valence-electron chi connectivity index (χ0n) is 25.8. The Labute approximate surface area is 279 Å². The molecule has 1 heterocycles. The molecule has 14 heteroatoms. The lowest BCUT2D eigenvalue weighted by molar-refractivity contribution is -0.148. The number of thioether (sulfide) groups is 1. The van der Waals surface area contributed by atoms with E-state index in [0.29, 0.717) is 38.6 Å². The van der Waals surface area contributed by atoms with Crippen LogP contribution in [0.1, 0.15) is 35.4 Å². The smallest absolute Gasteiger partial charge is 0.442 e. The van der Waals surface area contributed by atoms with Crippen LogP contribution < -0.4 is 15.4 Å². The molecule has 0 radical (unpaired) electrons. The third-order valence-corrected chi connectivity index (χ3v) is 8.25. The van der Waals surface area contributed by atoms with Gasteiger partial charge < -0.3 is 20.1 Å². The highest BCUT2D eigenvalue weighted by Gasteiger charge is 2.34. The van der Waals surface area contributed by atoms with Crippen molar-refractivity contribution in [2.75, 3.05) is 37.9 Å². The number of nitrogens with one attached hydrogen (secondary N) is 2. The van der Waals surface area contributed by atoms with Crippen LogP contribution in [0.2, 0.25) is 5.02 Å². The van der Waals surface area contributed by atoms with Crippen LogP contribution in [0.25, 0.3) is 10.9 Å². The van der Waals surface area contributed by atoms with E-state index in [9.17, 15) is 27.6 Å². The van der Waals surface area contributed by atoms with E-state index in [1.54, 1.807) is 86.6 Å². The number of ether oxygens (including phenoxy) is 2. The van der Waals surface area contributed by atoms with Crippen LogP contribution in [0.4, 0.5) is 29.3 Å². The number of esters is 1. The monoisotopic (exact) mass is 690 g/mol. The summed E-state index contributed by atoms with van der Waals surface area (Å²) in [6.45, 7) is 1.73. The number of carbonyl (C=O) groups is 3. The van der Waals surface area contributed by atoms with Crippen molar-refractivity contribution >= 4 is 63.5 Å². The fourth-order valence-corrected chi connectivity index (χ4v) is 5.76. The molecule has 0 fully saturated rings. The van der Waals surface area contributed by atoms with Gasteiger partial charge in [0.25, 0.3) is 0 Å². The molecule has 0 saturated heterocycles. The molecular formula is C33H34ClF3N4O5S. The van der Waals surface area contributed by atoms with E-state index < -0.39 is 28.8 Å². The number of rotatable bonds is 13. The van der Waals surface area contributed by atoms with E-state index in [-0.39, 0.29) is 43.7 Å². The van der Waals surface area contributed by atoms with Gasteiger partial charge in [-0.15, -0.1) is 0 Å². The van der Waals surface area contributed by atoms with Crippen molar-refractivity contribution in [1.82, 2.24) is 9.47 Å². The summed E-state index contributed by atoms with van der Waals surface area (Å²) in [6, 6.07) is 18.2. The van der Waals surface area contributed by atoms with Crippen LogP contribution in [0.3, 0.4) is 0 Å². The summed E-state index contributed by atoms with van der Waals surface area (Å²) < 4.78 is 51.7. The Balaban J connectivity index is 1.41. The van der Waals surface area contributed by atoms with E-state index >= 15 is 0 Å². The van der Waals surface area contributed by atoms with Crippen molar-refractivity contribution in [3.05, 3.63) is 89.6 Å². The van der Waals surface area contributed by atoms with Gasteiger partial charge in [-0.3, -0.25) is 19.1 Å². The Kier molecular flexibility index (Phi) is 12.2. The highest BCUT2D eigenvalue weighted by atomic mass is 35.5. The number of aromatic nitrogens is 1. The second-order valence-corrected chi connectivity index (χ2v) is 12.3. The fourth-order valence-electron chi connectivity index (χ4n) is 4.83. The number of amides is 2. The Morgan fingerprint density at radius 2 is 1.70 bits per heavy atom. The Morgan fingerprint density at radius 1 is 1.00 bits per heavy atom. The average molecular weight is 691 g/mol. The lowest BCUT2D eigenvalue weighted by Gasteiger charge is -2.22. The lowest BCUT2D eigenvalue weighted by atomic mass is 10.1. The summed E-state index contributed by atoms with van der Waals surface area (Å²) in [6.07, 6.45) is 1.76. The maximum absolute atomic E-state index is 13.3. The number of benzene rings is 3. The number of anilines is 2. The Bertz CT molecular complexity index is 1680. The largest absolute Gasteiger partial charge is 0.492 e. The molecule has 250 valence electrons. The summed E-state index contributed by atoms with van der Waals surface area (Å²) in [4.78, 5) is 40.3. The lowest BCUT2D eigenvalue weighted by Crippen LogP contribution is -2.37. The van der Waals surface area contributed by atoms with E-state index in [2.05, 4.69) is 10.6 Å². The van der Waals surface area contributed by atoms with Crippen LogP contribution in [0.15, 0.2) is 79.0 Å². The molecule has 2 unspecified atom stereocenters. The van der Waals surface area contributed by atoms with Crippen molar-refractivity contribution in [1.29, 1.82) is 0 Å². The fraction of sp³-hybridized carbons (Fsp3) is 0.303. The molecular weight excluding hydrogens is 657 g/mol. The number of hydrogen-bond acceptors (Lipinski definition) is 7. The highest BCUT2D eigenvalue weighted by molar-refractivity contribution is 8.00. The topological polar surface area (TPSA) is 102 Å². The van der Waals surface area contributed by atoms with Crippen LogP contribution in [-0.2, 0) is 9.53 Å². The third kappa shape index (κ3) is 10.1. The van der Waals surface area contributed by atoms with Gasteiger partial charge in [0.1, 0.15) is 18.4 Å². The maximum Gasteiger partial charge on any atom is 0.442 e. The van der Waals surface area contributed by atoms with E-state index in [4.69, 9.17) is 21.1 Å². The molecule has 9 nitrogen and oxygen atoms in total. The molecule has 4 aromatic rings.